The van der Waals surface area contributed by atoms with E-state index in [-0.39, 0.29) is 0 Å². The first-order chi connectivity index (χ1) is 73.8. The van der Waals surface area contributed by atoms with Crippen LogP contribution in [0.5, 0.6) is 0 Å². The van der Waals surface area contributed by atoms with Crippen molar-refractivity contribution in [2.45, 2.75) is 0 Å². The zero-order valence-corrected chi connectivity index (χ0v) is 81.7. The summed E-state index contributed by atoms with van der Waals surface area (Å²) in [5.41, 5.74) is 36.7. The molecule has 0 amide bonds. The summed E-state index contributed by atoms with van der Waals surface area (Å²) < 4.78 is 28.7. The van der Waals surface area contributed by atoms with E-state index in [4.69, 9.17) is 66.7 Å². The molecule has 0 unspecified atom stereocenters. The summed E-state index contributed by atoms with van der Waals surface area (Å²) in [6.07, 6.45) is 3.59. The molecule has 0 saturated carbocycles. The molecule has 29 aromatic rings. The van der Waals surface area contributed by atoms with E-state index in [9.17, 15) is 0 Å². The Hall–Kier alpha value is -19.5. The molecular formula is C129H77N17S3. The first-order valence-electron chi connectivity index (χ1n) is 48.8. The molecule has 29 rings (SSSR count). The molecule has 0 aliphatic heterocycles. The van der Waals surface area contributed by atoms with Gasteiger partial charge in [0.05, 0.1) is 114 Å². The van der Waals surface area contributed by atoms with E-state index in [1.807, 2.05) is 164 Å². The molecule has 0 N–H and O–H groups in total. The molecule has 149 heavy (non-hydrogen) atoms. The molecule has 0 fully saturated rings. The first kappa shape index (κ1) is 88.4. The van der Waals surface area contributed by atoms with Gasteiger partial charge in [-0.25, -0.2) is 44.9 Å². The average molecular weight is 1960 g/mol. The van der Waals surface area contributed by atoms with Crippen molar-refractivity contribution in [1.29, 1.82) is 0 Å². The fourth-order valence-electron chi connectivity index (χ4n) is 20.1. The maximum absolute atomic E-state index is 5.29. The Kier molecular flexibility index (Phi) is 22.7. The van der Waals surface area contributed by atoms with E-state index < -0.39 is 0 Å². The zero-order valence-electron chi connectivity index (χ0n) is 79.3. The third kappa shape index (κ3) is 16.8. The molecule has 0 saturated heterocycles. The van der Waals surface area contributed by atoms with Crippen molar-refractivity contribution in [3.05, 3.63) is 467 Å². The fraction of sp³-hybridized carbons (Fsp3) is 0. The Morgan fingerprint density at radius 2 is 0.463 bits per heavy atom. The number of nitrogens with zero attached hydrogens (tertiary/aromatic N) is 17. The van der Waals surface area contributed by atoms with Crippen LogP contribution in [-0.4, -0.2) is 81.1 Å². The summed E-state index contributed by atoms with van der Waals surface area (Å²) in [7, 11) is 0. The topological polar surface area (TPSA) is 219 Å². The van der Waals surface area contributed by atoms with Crippen LogP contribution in [0.1, 0.15) is 0 Å². The van der Waals surface area contributed by atoms with Crippen molar-refractivity contribution < 1.29 is 0 Å². The quantitative estimate of drug-likeness (QED) is 0.0871. The highest BCUT2D eigenvalue weighted by Crippen LogP contribution is 2.47. The maximum Gasteiger partial charge on any atom is 0.164 e. The molecule has 20 heteroatoms. The SMILES string of the molecule is c1ccc(-c2ccc3ccc4ccc(-c5ccc6nc(-c7ccccc7)c7cc(-c8ccccc8)c8nsnc8c7c6c5)nc4c3n2)cc1.c1ccc(-c2nc(-c3ccccc3)nc(-c3ccc(-c4ccc5nc(-c6ccccc6)c6ccc7nsnc7c6c5c4)cc3)n2)cc1.c1ccc(-c2nc3ccc(-c4ccc(-c5cc(-c6ccccn6)nc(-c6ccccn6)c5)cc4)cc3c3c2cc(-c2ccccc2)c2nsnc23)cc1. The molecule has 0 radical (unpaired) electrons. The number of hydrogen-bond acceptors (Lipinski definition) is 20. The highest BCUT2D eigenvalue weighted by Gasteiger charge is 2.26. The van der Waals surface area contributed by atoms with Gasteiger partial charge in [0.15, 0.2) is 17.5 Å². The van der Waals surface area contributed by atoms with E-state index in [1.165, 1.54) is 35.2 Å². The van der Waals surface area contributed by atoms with Gasteiger partial charge in [-0.05, 0) is 154 Å². The Bertz CT molecular complexity index is 10100. The lowest BCUT2D eigenvalue weighted by Crippen LogP contribution is -2.00. The second kappa shape index (κ2) is 38.3. The number of hydrogen-bond donors (Lipinski definition) is 0. The van der Waals surface area contributed by atoms with Crippen LogP contribution in [0, 0.1) is 0 Å². The second-order valence-corrected chi connectivity index (χ2v) is 37.9. The van der Waals surface area contributed by atoms with Crippen LogP contribution in [0.4, 0.5) is 0 Å². The van der Waals surface area contributed by atoms with Crippen LogP contribution in [0.25, 0.3) is 289 Å². The molecule has 696 valence electrons. The molecule has 0 aliphatic rings. The van der Waals surface area contributed by atoms with Gasteiger partial charge in [-0.15, -0.1) is 0 Å². The summed E-state index contributed by atoms with van der Waals surface area (Å²) >= 11 is 3.74. The van der Waals surface area contributed by atoms with E-state index >= 15 is 0 Å². The minimum Gasteiger partial charge on any atom is -0.255 e. The molecule has 0 spiro atoms. The normalized spacial score (nSPS) is 11.5. The van der Waals surface area contributed by atoms with Crippen LogP contribution >= 0.6 is 35.2 Å². The van der Waals surface area contributed by atoms with Gasteiger partial charge in [0.25, 0.3) is 0 Å². The summed E-state index contributed by atoms with van der Waals surface area (Å²) in [5, 5.41) is 11.6. The van der Waals surface area contributed by atoms with E-state index in [1.54, 1.807) is 12.4 Å². The van der Waals surface area contributed by atoms with Crippen molar-refractivity contribution in [1.82, 2.24) is 81.1 Å². The predicted molar refractivity (Wildman–Crippen MR) is 610 cm³/mol. The Morgan fingerprint density at radius 3 is 0.886 bits per heavy atom. The van der Waals surface area contributed by atoms with Gasteiger partial charge in [-0.3, -0.25) is 9.97 Å². The zero-order chi connectivity index (χ0) is 98.6. The van der Waals surface area contributed by atoms with Crippen LogP contribution < -0.4 is 0 Å². The van der Waals surface area contributed by atoms with Crippen LogP contribution in [-0.2, 0) is 0 Å². The molecule has 17 nitrogen and oxygen atoms in total. The summed E-state index contributed by atoms with van der Waals surface area (Å²) in [6, 6.07) is 156. The Labute approximate surface area is 865 Å². The fourth-order valence-corrected chi connectivity index (χ4v) is 21.8. The van der Waals surface area contributed by atoms with E-state index in [0.29, 0.717) is 17.5 Å². The lowest BCUT2D eigenvalue weighted by atomic mass is 9.92. The first-order valence-corrected chi connectivity index (χ1v) is 51.0. The van der Waals surface area contributed by atoms with Gasteiger partial charge in [-0.2, -0.15) is 26.2 Å². The number of pyridine rings is 8. The highest BCUT2D eigenvalue weighted by molar-refractivity contribution is 7.00. The molecule has 0 bridgehead atoms. The molecule has 12 aromatic heterocycles. The second-order valence-electron chi connectivity index (χ2n) is 36.4. The number of fused-ring (bicyclic) bond motifs is 18. The van der Waals surface area contributed by atoms with Crippen molar-refractivity contribution in [3.8, 4) is 169 Å². The molecule has 12 heterocycles. The number of benzene rings is 17. The predicted octanol–water partition coefficient (Wildman–Crippen LogP) is 32.6. The standard InChI is InChI=1S/C46H28N6S.C43H25N5S.C40H24N6S/c1-3-11-31(12-4-1)35-28-37-43(46-45(35)51-53-52-46)36-25-33(21-22-38(36)50-44(37)32-13-5-2-6-14-32)29-17-19-30(20-18-29)34-26-41(39-15-7-9-23-47-39)49-42(27-34)40-16-8-10-24-48-40;1-4-10-26(11-5-1)32-25-34-38(43-42(32)47-49-48-43)33-24-31(20-23-37(33)46-39(34)28-14-8-3-9-15-28)36-22-19-30-17-16-29-18-21-35(27-12-6-2-7-13-27)44-40(29)41(30)45-36;1-4-10-26(11-5-1)36-31-21-23-34-37(46-47-45-34)35(31)32-24-30(20-22-33(32)41-36)25-16-18-29(19-17-25)40-43-38(27-12-6-2-7-13-27)42-39(44-40)28-14-8-3-9-15-28/h1-28H;1-25H;1-24H. The van der Waals surface area contributed by atoms with Crippen molar-refractivity contribution in [2.75, 3.05) is 0 Å². The van der Waals surface area contributed by atoms with Crippen LogP contribution in [0.15, 0.2) is 467 Å². The molecule has 0 aliphatic carbocycles. The van der Waals surface area contributed by atoms with Crippen molar-refractivity contribution >= 4 is 155 Å². The summed E-state index contributed by atoms with van der Waals surface area (Å²) in [6.45, 7) is 0. The van der Waals surface area contributed by atoms with Crippen molar-refractivity contribution in [2.24, 2.45) is 0 Å². The third-order valence-electron chi connectivity index (χ3n) is 27.4. The Morgan fingerprint density at radius 1 is 0.148 bits per heavy atom. The Balaban J connectivity index is 0.000000110. The van der Waals surface area contributed by atoms with E-state index in [2.05, 4.69) is 306 Å². The maximum atomic E-state index is 5.29. The van der Waals surface area contributed by atoms with E-state index in [0.717, 1.165) is 271 Å². The van der Waals surface area contributed by atoms with Gasteiger partial charge >= 0.3 is 0 Å². The van der Waals surface area contributed by atoms with Gasteiger partial charge in [0.2, 0.25) is 0 Å². The highest BCUT2D eigenvalue weighted by atomic mass is 32.1. The van der Waals surface area contributed by atoms with Gasteiger partial charge in [-0.1, -0.05) is 346 Å². The number of aromatic nitrogens is 17. The third-order valence-corrected chi connectivity index (χ3v) is 29.0. The minimum atomic E-state index is 0.629. The lowest BCUT2D eigenvalue weighted by molar-refractivity contribution is 1.07. The monoisotopic (exact) mass is 1960 g/mol. The molecule has 0 atom stereocenters. The summed E-state index contributed by atoms with van der Waals surface area (Å²) in [5.74, 6) is 1.92. The largest absolute Gasteiger partial charge is 0.255 e. The summed E-state index contributed by atoms with van der Waals surface area (Å²) in [4.78, 5) is 54.8. The van der Waals surface area contributed by atoms with Gasteiger partial charge in [0, 0.05) is 127 Å². The minimum absolute atomic E-state index is 0.629. The smallest absolute Gasteiger partial charge is 0.164 e. The number of rotatable bonds is 15. The average Bonchev–Trinajstić information content (AvgIpc) is 1.69. The molecule has 17 aromatic carbocycles. The van der Waals surface area contributed by atoms with Gasteiger partial charge < -0.3 is 0 Å². The molecular weight excluding hydrogens is 1880 g/mol. The van der Waals surface area contributed by atoms with Crippen LogP contribution in [0.3, 0.4) is 0 Å². The van der Waals surface area contributed by atoms with Gasteiger partial charge in [0.1, 0.15) is 33.1 Å². The van der Waals surface area contributed by atoms with Crippen LogP contribution in [0.2, 0.25) is 0 Å². The van der Waals surface area contributed by atoms with Crippen molar-refractivity contribution in [3.63, 3.8) is 0 Å². The lowest BCUT2D eigenvalue weighted by Gasteiger charge is -2.14.